The van der Waals surface area contributed by atoms with Gasteiger partial charge in [0.25, 0.3) is 0 Å². The van der Waals surface area contributed by atoms with Crippen molar-refractivity contribution in [2.45, 2.75) is 63.5 Å². The van der Waals surface area contributed by atoms with E-state index in [1.54, 1.807) is 0 Å². The van der Waals surface area contributed by atoms with Crippen LogP contribution in [0.2, 0.25) is 0 Å². The molecule has 6 nitrogen and oxygen atoms in total. The van der Waals surface area contributed by atoms with E-state index in [0.717, 1.165) is 38.8 Å². The Morgan fingerprint density at radius 2 is 1.78 bits per heavy atom. The predicted molar refractivity (Wildman–Crippen MR) is 89.8 cm³/mol. The molecule has 2 fully saturated rings. The van der Waals surface area contributed by atoms with Gasteiger partial charge in [0.1, 0.15) is 12.1 Å². The zero-order valence-electron chi connectivity index (χ0n) is 13.8. The molecule has 1 unspecified atom stereocenters. The fraction of sp³-hybridized carbons (Fsp3) is 0.875. The summed E-state index contributed by atoms with van der Waals surface area (Å²) < 4.78 is 10.2. The number of amides is 1. The Kier molecular flexibility index (Phi) is 9.33. The van der Waals surface area contributed by atoms with Crippen molar-refractivity contribution in [1.29, 1.82) is 0 Å². The number of piperidine rings is 1. The number of carbonyl (C=O) groups excluding carboxylic acids is 2. The van der Waals surface area contributed by atoms with Gasteiger partial charge in [0.15, 0.2) is 0 Å². The fourth-order valence-corrected chi connectivity index (χ4v) is 3.35. The number of alkyl carbamates (subject to hydrolysis) is 1. The van der Waals surface area contributed by atoms with Crippen LogP contribution in [0.25, 0.3) is 0 Å². The standard InChI is InChI=1S/C16H28N2O4.ClH/c1-21-15(19)14(11-12-5-3-2-4-6-12)18-16(20)22-13-7-9-17-10-8-13;/h12-14,17H,2-11H2,1H3,(H,18,20);1H. The topological polar surface area (TPSA) is 76.7 Å². The van der Waals surface area contributed by atoms with Crippen molar-refractivity contribution in [3.63, 3.8) is 0 Å². The van der Waals surface area contributed by atoms with Gasteiger partial charge in [-0.2, -0.15) is 0 Å². The Hall–Kier alpha value is -1.01. The molecule has 1 aliphatic carbocycles. The number of nitrogens with one attached hydrogen (secondary N) is 2. The number of esters is 1. The largest absolute Gasteiger partial charge is 0.467 e. The van der Waals surface area contributed by atoms with Gasteiger partial charge in [-0.25, -0.2) is 9.59 Å². The second-order valence-electron chi connectivity index (χ2n) is 6.31. The Morgan fingerprint density at radius 1 is 1.13 bits per heavy atom. The van der Waals surface area contributed by atoms with E-state index in [9.17, 15) is 9.59 Å². The van der Waals surface area contributed by atoms with Gasteiger partial charge in [-0.1, -0.05) is 32.1 Å². The quantitative estimate of drug-likeness (QED) is 0.746. The minimum Gasteiger partial charge on any atom is -0.467 e. The van der Waals surface area contributed by atoms with Crippen LogP contribution in [0.15, 0.2) is 0 Å². The molecule has 1 saturated heterocycles. The zero-order valence-corrected chi connectivity index (χ0v) is 14.7. The molecule has 0 radical (unpaired) electrons. The molecule has 1 heterocycles. The van der Waals surface area contributed by atoms with Crippen LogP contribution < -0.4 is 10.6 Å². The van der Waals surface area contributed by atoms with E-state index in [1.807, 2.05) is 0 Å². The summed E-state index contributed by atoms with van der Waals surface area (Å²) in [4.78, 5) is 23.9. The Morgan fingerprint density at radius 3 is 2.39 bits per heavy atom. The van der Waals surface area contributed by atoms with Crippen LogP contribution in [0.5, 0.6) is 0 Å². The van der Waals surface area contributed by atoms with Crippen molar-refractivity contribution in [2.75, 3.05) is 20.2 Å². The van der Waals surface area contributed by atoms with Crippen LogP contribution in [0, 0.1) is 5.92 Å². The molecular formula is C16H29ClN2O4. The highest BCUT2D eigenvalue weighted by molar-refractivity contribution is 5.85. The molecule has 0 aromatic rings. The van der Waals surface area contributed by atoms with Crippen LogP contribution in [0.3, 0.4) is 0 Å². The smallest absolute Gasteiger partial charge is 0.408 e. The summed E-state index contributed by atoms with van der Waals surface area (Å²) in [6, 6.07) is -0.595. The van der Waals surface area contributed by atoms with E-state index < -0.39 is 12.1 Å². The molecule has 0 spiro atoms. The van der Waals surface area contributed by atoms with Crippen LogP contribution in [0.1, 0.15) is 51.4 Å². The van der Waals surface area contributed by atoms with Gasteiger partial charge in [0.2, 0.25) is 0 Å². The van der Waals surface area contributed by atoms with Crippen LogP contribution >= 0.6 is 12.4 Å². The average Bonchev–Trinajstić information content (AvgIpc) is 2.55. The van der Waals surface area contributed by atoms with Crippen molar-refractivity contribution in [1.82, 2.24) is 10.6 Å². The maximum Gasteiger partial charge on any atom is 0.408 e. The van der Waals surface area contributed by atoms with Crippen molar-refractivity contribution in [3.8, 4) is 0 Å². The SMILES string of the molecule is COC(=O)C(CC1CCCCC1)NC(=O)OC1CCNCC1.Cl. The summed E-state index contributed by atoms with van der Waals surface area (Å²) in [5, 5.41) is 5.93. The van der Waals surface area contributed by atoms with Crippen molar-refractivity contribution < 1.29 is 19.1 Å². The third kappa shape index (κ3) is 6.96. The van der Waals surface area contributed by atoms with Crippen LogP contribution in [0.4, 0.5) is 4.79 Å². The number of methoxy groups -OCH3 is 1. The second-order valence-corrected chi connectivity index (χ2v) is 6.31. The molecule has 1 atom stereocenters. The van der Waals surface area contributed by atoms with Gasteiger partial charge in [-0.05, 0) is 38.3 Å². The molecule has 1 saturated carbocycles. The Bertz CT molecular complexity index is 369. The number of hydrogen-bond acceptors (Lipinski definition) is 5. The molecule has 23 heavy (non-hydrogen) atoms. The number of carbonyl (C=O) groups is 2. The Balaban J connectivity index is 0.00000264. The summed E-state index contributed by atoms with van der Waals surface area (Å²) >= 11 is 0. The molecule has 0 bridgehead atoms. The van der Waals surface area contributed by atoms with Gasteiger partial charge in [-0.3, -0.25) is 0 Å². The molecule has 0 aromatic carbocycles. The first kappa shape index (κ1) is 20.0. The molecular weight excluding hydrogens is 320 g/mol. The highest BCUT2D eigenvalue weighted by atomic mass is 35.5. The van der Waals surface area contributed by atoms with E-state index in [0.29, 0.717) is 12.3 Å². The van der Waals surface area contributed by atoms with E-state index in [4.69, 9.17) is 9.47 Å². The number of halogens is 1. The molecule has 0 aromatic heterocycles. The molecule has 2 N–H and O–H groups in total. The molecule has 2 aliphatic rings. The summed E-state index contributed by atoms with van der Waals surface area (Å²) in [6.07, 6.45) is 7.65. The normalized spacial score (nSPS) is 20.9. The average molecular weight is 349 g/mol. The predicted octanol–water partition coefficient (Wildman–Crippen LogP) is 2.40. The monoisotopic (exact) mass is 348 g/mol. The number of hydrogen-bond donors (Lipinski definition) is 2. The third-order valence-corrected chi connectivity index (χ3v) is 4.63. The minimum absolute atomic E-state index is 0. The van der Waals surface area contributed by atoms with E-state index in [1.165, 1.54) is 26.4 Å². The van der Waals surface area contributed by atoms with Gasteiger partial charge >= 0.3 is 12.1 Å². The van der Waals surface area contributed by atoms with Gasteiger partial charge in [-0.15, -0.1) is 12.4 Å². The van der Waals surface area contributed by atoms with Gasteiger partial charge < -0.3 is 20.1 Å². The molecule has 134 valence electrons. The molecule has 1 amide bonds. The van der Waals surface area contributed by atoms with Crippen LogP contribution in [-0.4, -0.2) is 44.4 Å². The maximum absolute atomic E-state index is 12.0. The van der Waals surface area contributed by atoms with Gasteiger partial charge in [0.05, 0.1) is 7.11 Å². The summed E-state index contributed by atoms with van der Waals surface area (Å²) in [7, 11) is 1.36. The lowest BCUT2D eigenvalue weighted by Crippen LogP contribution is -2.45. The maximum atomic E-state index is 12.0. The number of rotatable bonds is 5. The van der Waals surface area contributed by atoms with Crippen LogP contribution in [-0.2, 0) is 14.3 Å². The lowest BCUT2D eigenvalue weighted by Gasteiger charge is -2.27. The second kappa shape index (κ2) is 10.7. The summed E-state index contributed by atoms with van der Waals surface area (Å²) in [5.41, 5.74) is 0. The van der Waals surface area contributed by atoms with Crippen molar-refractivity contribution >= 4 is 24.5 Å². The highest BCUT2D eigenvalue weighted by Crippen LogP contribution is 2.27. The lowest BCUT2D eigenvalue weighted by molar-refractivity contribution is -0.143. The van der Waals surface area contributed by atoms with E-state index >= 15 is 0 Å². The zero-order chi connectivity index (χ0) is 15.8. The first-order valence-corrected chi connectivity index (χ1v) is 8.44. The van der Waals surface area contributed by atoms with E-state index in [2.05, 4.69) is 10.6 Å². The molecule has 7 heteroatoms. The highest BCUT2D eigenvalue weighted by Gasteiger charge is 2.28. The Labute approximate surface area is 144 Å². The van der Waals surface area contributed by atoms with Crippen molar-refractivity contribution in [2.24, 2.45) is 5.92 Å². The third-order valence-electron chi connectivity index (χ3n) is 4.63. The lowest BCUT2D eigenvalue weighted by atomic mass is 9.85. The van der Waals surface area contributed by atoms with Gasteiger partial charge in [0, 0.05) is 0 Å². The van der Waals surface area contributed by atoms with Crippen molar-refractivity contribution in [3.05, 3.63) is 0 Å². The molecule has 1 aliphatic heterocycles. The fourth-order valence-electron chi connectivity index (χ4n) is 3.35. The molecule has 2 rings (SSSR count). The number of ether oxygens (including phenoxy) is 2. The first-order valence-electron chi connectivity index (χ1n) is 8.44. The minimum atomic E-state index is -0.595. The van der Waals surface area contributed by atoms with E-state index in [-0.39, 0.29) is 24.5 Å². The summed E-state index contributed by atoms with van der Waals surface area (Å²) in [6.45, 7) is 1.72. The first-order chi connectivity index (χ1) is 10.7. The summed E-state index contributed by atoms with van der Waals surface area (Å²) in [5.74, 6) is 0.102.